The van der Waals surface area contributed by atoms with Gasteiger partial charge >= 0.3 is 12.0 Å². The summed E-state index contributed by atoms with van der Waals surface area (Å²) in [6.45, 7) is 4.15. The largest absolute Gasteiger partial charge is 0.480 e. The topological polar surface area (TPSA) is 96.3 Å². The highest BCUT2D eigenvalue weighted by atomic mass is 16.4. The van der Waals surface area contributed by atoms with Gasteiger partial charge in [-0.1, -0.05) is 0 Å². The molecule has 1 aromatic heterocycles. The molecule has 0 bridgehead atoms. The van der Waals surface area contributed by atoms with Gasteiger partial charge in [0.2, 0.25) is 0 Å². The molecule has 110 valence electrons. The van der Waals surface area contributed by atoms with E-state index < -0.39 is 17.5 Å². The molecule has 0 radical (unpaired) electrons. The van der Waals surface area contributed by atoms with Crippen LogP contribution >= 0.6 is 0 Å². The number of aromatic nitrogens is 2. The fraction of sp³-hybridized carbons (Fsp3) is 0.615. The van der Waals surface area contributed by atoms with Gasteiger partial charge in [0.25, 0.3) is 0 Å². The number of nitrogens with zero attached hydrogens (tertiary/aromatic N) is 2. The molecule has 1 fully saturated rings. The number of carbonyl (C=O) groups excluding carboxylic acids is 1. The van der Waals surface area contributed by atoms with Gasteiger partial charge < -0.3 is 15.7 Å². The van der Waals surface area contributed by atoms with E-state index in [4.69, 9.17) is 5.11 Å². The van der Waals surface area contributed by atoms with Gasteiger partial charge in [-0.3, -0.25) is 4.68 Å². The van der Waals surface area contributed by atoms with E-state index in [-0.39, 0.29) is 0 Å². The quantitative estimate of drug-likeness (QED) is 0.761. The third kappa shape index (κ3) is 2.48. The van der Waals surface area contributed by atoms with Crippen molar-refractivity contribution >= 4 is 12.0 Å². The summed E-state index contributed by atoms with van der Waals surface area (Å²) in [5, 5.41) is 18.7. The second-order valence-corrected chi connectivity index (χ2v) is 5.32. The standard InChI is InChI=1S/C13H20N4O3/c1-8-10(9(2)17(3)16-8)7-14-12(20)15-13(11(18)19)5-4-6-13/h4-7H2,1-3H3,(H,18,19)(H2,14,15,20). The van der Waals surface area contributed by atoms with Crippen LogP contribution in [0.5, 0.6) is 0 Å². The second-order valence-electron chi connectivity index (χ2n) is 5.32. The van der Waals surface area contributed by atoms with Gasteiger partial charge in [0.05, 0.1) is 5.69 Å². The second kappa shape index (κ2) is 5.15. The molecule has 0 atom stereocenters. The molecule has 0 aromatic carbocycles. The lowest BCUT2D eigenvalue weighted by Crippen LogP contribution is -2.61. The maximum Gasteiger partial charge on any atom is 0.329 e. The van der Waals surface area contributed by atoms with Crippen LogP contribution in [-0.2, 0) is 18.4 Å². The van der Waals surface area contributed by atoms with E-state index in [9.17, 15) is 9.59 Å². The van der Waals surface area contributed by atoms with E-state index in [1.165, 1.54) is 0 Å². The summed E-state index contributed by atoms with van der Waals surface area (Å²) < 4.78 is 1.76. The molecule has 1 heterocycles. The summed E-state index contributed by atoms with van der Waals surface area (Å²) in [5.74, 6) is -0.965. The van der Waals surface area contributed by atoms with Gasteiger partial charge in [-0.05, 0) is 33.1 Å². The Balaban J connectivity index is 1.94. The molecule has 1 aliphatic carbocycles. The molecule has 20 heavy (non-hydrogen) atoms. The highest BCUT2D eigenvalue weighted by molar-refractivity contribution is 5.87. The predicted octanol–water partition coefficient (Wildman–Crippen LogP) is 0.843. The van der Waals surface area contributed by atoms with Gasteiger partial charge in [-0.2, -0.15) is 5.10 Å². The maximum absolute atomic E-state index is 11.8. The van der Waals surface area contributed by atoms with Crippen LogP contribution in [-0.4, -0.2) is 32.4 Å². The van der Waals surface area contributed by atoms with Crippen molar-refractivity contribution in [3.8, 4) is 0 Å². The number of urea groups is 1. The fourth-order valence-electron chi connectivity index (χ4n) is 2.43. The molecule has 1 aromatic rings. The lowest BCUT2D eigenvalue weighted by atomic mass is 9.77. The van der Waals surface area contributed by atoms with Crippen LogP contribution in [0.3, 0.4) is 0 Å². The fourth-order valence-corrected chi connectivity index (χ4v) is 2.43. The van der Waals surface area contributed by atoms with Gasteiger partial charge in [-0.25, -0.2) is 9.59 Å². The minimum absolute atomic E-state index is 0.340. The maximum atomic E-state index is 11.8. The summed E-state index contributed by atoms with van der Waals surface area (Å²) in [4.78, 5) is 23.0. The molecule has 1 saturated carbocycles. The first-order valence-corrected chi connectivity index (χ1v) is 6.64. The molecular formula is C13H20N4O3. The Labute approximate surface area is 117 Å². The average Bonchev–Trinajstić information content (AvgIpc) is 2.55. The zero-order valence-corrected chi connectivity index (χ0v) is 12.0. The van der Waals surface area contributed by atoms with Gasteiger partial charge in [-0.15, -0.1) is 0 Å². The Morgan fingerprint density at radius 1 is 1.40 bits per heavy atom. The molecule has 0 saturated heterocycles. The van der Waals surface area contributed by atoms with Crippen LogP contribution in [0.4, 0.5) is 4.79 Å². The number of amides is 2. The minimum Gasteiger partial charge on any atom is -0.480 e. The average molecular weight is 280 g/mol. The van der Waals surface area contributed by atoms with E-state index in [1.807, 2.05) is 20.9 Å². The van der Waals surface area contributed by atoms with Crippen molar-refractivity contribution in [1.82, 2.24) is 20.4 Å². The van der Waals surface area contributed by atoms with Crippen molar-refractivity contribution in [2.24, 2.45) is 7.05 Å². The van der Waals surface area contributed by atoms with Crippen molar-refractivity contribution in [2.75, 3.05) is 0 Å². The first-order valence-electron chi connectivity index (χ1n) is 6.64. The SMILES string of the molecule is Cc1nn(C)c(C)c1CNC(=O)NC1(C(=O)O)CCC1. The van der Waals surface area contributed by atoms with Crippen molar-refractivity contribution in [3.63, 3.8) is 0 Å². The van der Waals surface area contributed by atoms with Crippen molar-refractivity contribution in [2.45, 2.75) is 45.2 Å². The third-order valence-electron chi connectivity index (χ3n) is 4.05. The third-order valence-corrected chi connectivity index (χ3v) is 4.05. The summed E-state index contributed by atoms with van der Waals surface area (Å²) in [6, 6.07) is -0.449. The van der Waals surface area contributed by atoms with Crippen LogP contribution < -0.4 is 10.6 Å². The number of aryl methyl sites for hydroxylation is 2. The normalized spacial score (nSPS) is 16.4. The summed E-state index contributed by atoms with van der Waals surface area (Å²) >= 11 is 0. The van der Waals surface area contributed by atoms with E-state index in [0.29, 0.717) is 19.4 Å². The van der Waals surface area contributed by atoms with Gasteiger partial charge in [0, 0.05) is 24.8 Å². The van der Waals surface area contributed by atoms with Gasteiger partial charge in [0.1, 0.15) is 5.54 Å². The van der Waals surface area contributed by atoms with Gasteiger partial charge in [0.15, 0.2) is 0 Å². The number of carboxylic acid groups (broad SMARTS) is 1. The smallest absolute Gasteiger partial charge is 0.329 e. The Hall–Kier alpha value is -2.05. The van der Waals surface area contributed by atoms with E-state index >= 15 is 0 Å². The Kier molecular flexibility index (Phi) is 3.69. The van der Waals surface area contributed by atoms with Crippen LogP contribution in [0.2, 0.25) is 0 Å². The number of hydrogen-bond acceptors (Lipinski definition) is 3. The summed E-state index contributed by atoms with van der Waals surface area (Å²) in [6.07, 6.45) is 1.80. The van der Waals surface area contributed by atoms with Crippen LogP contribution in [0.25, 0.3) is 0 Å². The lowest BCUT2D eigenvalue weighted by molar-refractivity contribution is -0.148. The summed E-state index contributed by atoms with van der Waals surface area (Å²) in [5.41, 5.74) is 1.73. The zero-order chi connectivity index (χ0) is 14.9. The number of hydrogen-bond donors (Lipinski definition) is 3. The van der Waals surface area contributed by atoms with Crippen molar-refractivity contribution in [3.05, 3.63) is 17.0 Å². The highest BCUT2D eigenvalue weighted by Crippen LogP contribution is 2.31. The number of rotatable bonds is 4. The van der Waals surface area contributed by atoms with E-state index in [1.54, 1.807) is 4.68 Å². The van der Waals surface area contributed by atoms with E-state index in [2.05, 4.69) is 15.7 Å². The minimum atomic E-state index is -1.08. The molecule has 7 heteroatoms. The lowest BCUT2D eigenvalue weighted by Gasteiger charge is -2.38. The molecule has 2 rings (SSSR count). The van der Waals surface area contributed by atoms with Crippen LogP contribution in [0.15, 0.2) is 0 Å². The molecular weight excluding hydrogens is 260 g/mol. The number of carboxylic acids is 1. The Morgan fingerprint density at radius 2 is 2.05 bits per heavy atom. The zero-order valence-electron chi connectivity index (χ0n) is 12.0. The molecule has 2 amide bonds. The van der Waals surface area contributed by atoms with Crippen molar-refractivity contribution in [1.29, 1.82) is 0 Å². The first-order chi connectivity index (χ1) is 9.35. The molecule has 3 N–H and O–H groups in total. The number of carbonyl (C=O) groups is 2. The molecule has 7 nitrogen and oxygen atoms in total. The number of nitrogens with one attached hydrogen (secondary N) is 2. The van der Waals surface area contributed by atoms with Crippen molar-refractivity contribution < 1.29 is 14.7 Å². The first kappa shape index (κ1) is 14.4. The highest BCUT2D eigenvalue weighted by Gasteiger charge is 2.45. The van der Waals surface area contributed by atoms with Crippen LogP contribution in [0.1, 0.15) is 36.2 Å². The Morgan fingerprint density at radius 3 is 2.45 bits per heavy atom. The molecule has 0 aliphatic heterocycles. The molecule has 0 unspecified atom stereocenters. The van der Waals surface area contributed by atoms with Crippen LogP contribution in [0, 0.1) is 13.8 Å². The summed E-state index contributed by atoms with van der Waals surface area (Å²) in [7, 11) is 1.85. The van der Waals surface area contributed by atoms with E-state index in [0.717, 1.165) is 23.4 Å². The molecule has 1 aliphatic rings. The Bertz CT molecular complexity index is 546. The number of aliphatic carboxylic acids is 1. The molecule has 0 spiro atoms. The monoisotopic (exact) mass is 280 g/mol. The predicted molar refractivity (Wildman–Crippen MR) is 72.3 cm³/mol.